The first-order valence-electron chi connectivity index (χ1n) is 5.93. The Labute approximate surface area is 118 Å². The fraction of sp³-hybridized carbons (Fsp3) is 0.143. The smallest absolute Gasteiger partial charge is 0.418 e. The van der Waals surface area contributed by atoms with Crippen molar-refractivity contribution < 1.29 is 28.5 Å². The average molecular weight is 299 g/mol. The molecular weight excluding hydrogens is 287 g/mol. The molecule has 2 rings (SSSR count). The van der Waals surface area contributed by atoms with Gasteiger partial charge in [0.05, 0.1) is 5.56 Å². The van der Waals surface area contributed by atoms with Gasteiger partial charge in [-0.2, -0.15) is 13.2 Å². The summed E-state index contributed by atoms with van der Waals surface area (Å²) >= 11 is 0. The summed E-state index contributed by atoms with van der Waals surface area (Å²) in [6.07, 6.45) is -4.50. The molecule has 0 spiro atoms. The molecule has 4 N–H and O–H groups in total. The number of aromatic hydroxyl groups is 3. The lowest BCUT2D eigenvalue weighted by molar-refractivity contribution is -0.136. The number of nitrogens with one attached hydrogen (secondary N) is 1. The number of halogens is 3. The second kappa shape index (κ2) is 5.43. The van der Waals surface area contributed by atoms with Crippen LogP contribution in [0.5, 0.6) is 17.2 Å². The number of benzene rings is 2. The second-order valence-corrected chi connectivity index (χ2v) is 4.34. The third-order valence-electron chi connectivity index (χ3n) is 2.92. The molecule has 0 aliphatic rings. The molecule has 0 atom stereocenters. The van der Waals surface area contributed by atoms with Crippen LogP contribution in [0.15, 0.2) is 36.4 Å². The molecule has 4 nitrogen and oxygen atoms in total. The van der Waals surface area contributed by atoms with Gasteiger partial charge in [-0.1, -0.05) is 12.1 Å². The Balaban J connectivity index is 2.24. The van der Waals surface area contributed by atoms with Crippen LogP contribution in [0.25, 0.3) is 0 Å². The van der Waals surface area contributed by atoms with E-state index in [4.69, 9.17) is 0 Å². The molecule has 0 radical (unpaired) electrons. The maximum absolute atomic E-state index is 12.8. The van der Waals surface area contributed by atoms with Crippen LogP contribution < -0.4 is 5.32 Å². The van der Waals surface area contributed by atoms with Crippen LogP contribution in [-0.2, 0) is 12.7 Å². The number of hydrogen-bond acceptors (Lipinski definition) is 4. The van der Waals surface area contributed by atoms with E-state index in [9.17, 15) is 28.5 Å². The third kappa shape index (κ3) is 3.13. The van der Waals surface area contributed by atoms with Gasteiger partial charge in [-0.25, -0.2) is 0 Å². The zero-order valence-corrected chi connectivity index (χ0v) is 10.6. The molecule has 0 aromatic heterocycles. The monoisotopic (exact) mass is 299 g/mol. The SMILES string of the molecule is Oc1ccc(CNc2ccccc2C(F)(F)F)c(O)c1O. The van der Waals surface area contributed by atoms with E-state index in [1.165, 1.54) is 24.3 Å². The van der Waals surface area contributed by atoms with Crippen molar-refractivity contribution in [2.75, 3.05) is 5.32 Å². The lowest BCUT2D eigenvalue weighted by Gasteiger charge is -2.15. The molecule has 7 heteroatoms. The van der Waals surface area contributed by atoms with Crippen LogP contribution in [0.2, 0.25) is 0 Å². The summed E-state index contributed by atoms with van der Waals surface area (Å²) in [7, 11) is 0. The van der Waals surface area contributed by atoms with E-state index in [0.717, 1.165) is 12.1 Å². The van der Waals surface area contributed by atoms with Gasteiger partial charge in [0.15, 0.2) is 11.5 Å². The number of phenolic OH excluding ortho intramolecular Hbond substituents is 3. The summed E-state index contributed by atoms with van der Waals surface area (Å²) in [5.74, 6) is -1.79. The number of rotatable bonds is 3. The first-order chi connectivity index (χ1) is 9.80. The first-order valence-corrected chi connectivity index (χ1v) is 5.93. The fourth-order valence-electron chi connectivity index (χ4n) is 1.83. The van der Waals surface area contributed by atoms with E-state index in [2.05, 4.69) is 5.32 Å². The standard InChI is InChI=1S/C14H12F3NO3/c15-14(16,17)9-3-1-2-4-10(9)18-7-8-5-6-11(19)13(21)12(8)20/h1-6,18-21H,7H2. The van der Waals surface area contributed by atoms with Crippen LogP contribution in [-0.4, -0.2) is 15.3 Å². The van der Waals surface area contributed by atoms with Crippen molar-refractivity contribution in [3.63, 3.8) is 0 Å². The van der Waals surface area contributed by atoms with Gasteiger partial charge in [-0.3, -0.25) is 0 Å². The van der Waals surface area contributed by atoms with Gasteiger partial charge >= 0.3 is 6.18 Å². The van der Waals surface area contributed by atoms with Gasteiger partial charge < -0.3 is 20.6 Å². The van der Waals surface area contributed by atoms with Gasteiger partial charge in [0.1, 0.15) is 0 Å². The van der Waals surface area contributed by atoms with Crippen LogP contribution in [0.1, 0.15) is 11.1 Å². The Bertz CT molecular complexity index is 656. The van der Waals surface area contributed by atoms with E-state index in [-0.39, 0.29) is 17.8 Å². The highest BCUT2D eigenvalue weighted by Gasteiger charge is 2.33. The normalized spacial score (nSPS) is 11.4. The highest BCUT2D eigenvalue weighted by molar-refractivity contribution is 5.56. The predicted octanol–water partition coefficient (Wildman–Crippen LogP) is 3.43. The molecule has 0 aliphatic carbocycles. The second-order valence-electron chi connectivity index (χ2n) is 4.34. The predicted molar refractivity (Wildman–Crippen MR) is 70.2 cm³/mol. The molecule has 0 amide bonds. The minimum atomic E-state index is -4.50. The van der Waals surface area contributed by atoms with Gasteiger partial charge in [0, 0.05) is 17.8 Å². The van der Waals surface area contributed by atoms with Gasteiger partial charge in [-0.15, -0.1) is 0 Å². The Morgan fingerprint density at radius 3 is 2.24 bits per heavy atom. The summed E-state index contributed by atoms with van der Waals surface area (Å²) in [6.45, 7) is -0.146. The molecular formula is C14H12F3NO3. The maximum Gasteiger partial charge on any atom is 0.418 e. The minimum Gasteiger partial charge on any atom is -0.504 e. The van der Waals surface area contributed by atoms with E-state index in [1.807, 2.05) is 0 Å². The molecule has 2 aromatic rings. The average Bonchev–Trinajstić information content (AvgIpc) is 2.43. The Hall–Kier alpha value is -2.57. The third-order valence-corrected chi connectivity index (χ3v) is 2.92. The zero-order valence-electron chi connectivity index (χ0n) is 10.6. The number of phenols is 3. The van der Waals surface area contributed by atoms with Crippen LogP contribution in [0, 0.1) is 0 Å². The van der Waals surface area contributed by atoms with Gasteiger partial charge in [0.25, 0.3) is 0 Å². The lowest BCUT2D eigenvalue weighted by Crippen LogP contribution is -2.10. The van der Waals surface area contributed by atoms with Crippen LogP contribution >= 0.6 is 0 Å². The number of alkyl halides is 3. The highest BCUT2D eigenvalue weighted by Crippen LogP contribution is 2.38. The van der Waals surface area contributed by atoms with E-state index in [0.29, 0.717) is 0 Å². The molecule has 0 aliphatic heterocycles. The summed E-state index contributed by atoms with van der Waals surface area (Å²) in [6, 6.07) is 7.37. The Morgan fingerprint density at radius 1 is 0.905 bits per heavy atom. The molecule has 0 saturated carbocycles. The lowest BCUT2D eigenvalue weighted by atomic mass is 10.1. The Kier molecular flexibility index (Phi) is 3.84. The molecule has 0 saturated heterocycles. The summed E-state index contributed by atoms with van der Waals surface area (Å²) in [5, 5.41) is 30.7. The van der Waals surface area contributed by atoms with Crippen molar-refractivity contribution in [3.05, 3.63) is 47.5 Å². The molecule has 21 heavy (non-hydrogen) atoms. The van der Waals surface area contributed by atoms with Crippen molar-refractivity contribution >= 4 is 5.69 Å². The minimum absolute atomic E-state index is 0.142. The number of para-hydroxylation sites is 1. The molecule has 0 unspecified atom stereocenters. The zero-order chi connectivity index (χ0) is 15.6. The quantitative estimate of drug-likeness (QED) is 0.655. The largest absolute Gasteiger partial charge is 0.504 e. The maximum atomic E-state index is 12.8. The van der Waals surface area contributed by atoms with Crippen molar-refractivity contribution in [2.45, 2.75) is 12.7 Å². The molecule has 0 fully saturated rings. The molecule has 112 valence electrons. The van der Waals surface area contributed by atoms with Crippen LogP contribution in [0.4, 0.5) is 18.9 Å². The number of anilines is 1. The first kappa shape index (κ1) is 14.8. The Morgan fingerprint density at radius 2 is 1.57 bits per heavy atom. The van der Waals surface area contributed by atoms with Gasteiger partial charge in [0.2, 0.25) is 5.75 Å². The molecule has 0 heterocycles. The van der Waals surface area contributed by atoms with Crippen molar-refractivity contribution in [3.8, 4) is 17.2 Å². The molecule has 2 aromatic carbocycles. The fourth-order valence-corrected chi connectivity index (χ4v) is 1.83. The summed E-state index contributed by atoms with van der Waals surface area (Å²) in [5.41, 5.74) is -0.813. The summed E-state index contributed by atoms with van der Waals surface area (Å²) in [4.78, 5) is 0. The van der Waals surface area contributed by atoms with Crippen molar-refractivity contribution in [2.24, 2.45) is 0 Å². The molecule has 0 bridgehead atoms. The van der Waals surface area contributed by atoms with Crippen molar-refractivity contribution in [1.29, 1.82) is 0 Å². The van der Waals surface area contributed by atoms with E-state index < -0.39 is 29.0 Å². The number of hydrogen-bond donors (Lipinski definition) is 4. The van der Waals surface area contributed by atoms with E-state index >= 15 is 0 Å². The van der Waals surface area contributed by atoms with E-state index in [1.54, 1.807) is 0 Å². The van der Waals surface area contributed by atoms with Crippen molar-refractivity contribution in [1.82, 2.24) is 0 Å². The summed E-state index contributed by atoms with van der Waals surface area (Å²) < 4.78 is 38.4. The van der Waals surface area contributed by atoms with Gasteiger partial charge in [-0.05, 0) is 24.3 Å². The topological polar surface area (TPSA) is 72.7 Å². The highest BCUT2D eigenvalue weighted by atomic mass is 19.4. The van der Waals surface area contributed by atoms with Crippen LogP contribution in [0.3, 0.4) is 0 Å².